The summed E-state index contributed by atoms with van der Waals surface area (Å²) >= 11 is 6.17. The molecule has 0 amide bonds. The molecule has 0 saturated carbocycles. The number of ether oxygens (including phenoxy) is 2. The van der Waals surface area contributed by atoms with Crippen LogP contribution in [0.2, 0.25) is 5.02 Å². The average Bonchev–Trinajstić information content (AvgIpc) is 3.16. The molecule has 2 aromatic carbocycles. The van der Waals surface area contributed by atoms with Crippen LogP contribution in [0.15, 0.2) is 53.1 Å². The van der Waals surface area contributed by atoms with E-state index in [9.17, 15) is 9.90 Å². The Morgan fingerprint density at radius 1 is 1.28 bits per heavy atom. The molecule has 0 bridgehead atoms. The monoisotopic (exact) mass is 415 g/mol. The fourth-order valence-electron chi connectivity index (χ4n) is 2.89. The number of carboxylic acid groups (broad SMARTS) is 1. The van der Waals surface area contributed by atoms with Crippen LogP contribution >= 0.6 is 11.6 Å². The van der Waals surface area contributed by atoms with E-state index < -0.39 is 12.1 Å². The summed E-state index contributed by atoms with van der Waals surface area (Å²) in [5, 5.41) is 9.82. The highest BCUT2D eigenvalue weighted by Crippen LogP contribution is 2.27. The summed E-state index contributed by atoms with van der Waals surface area (Å²) in [6, 6.07) is 12.9. The molecule has 0 unspecified atom stereocenters. The van der Waals surface area contributed by atoms with Crippen molar-refractivity contribution >= 4 is 17.6 Å². The van der Waals surface area contributed by atoms with E-state index in [1.807, 2.05) is 43.3 Å². The van der Waals surface area contributed by atoms with Gasteiger partial charge in [0.1, 0.15) is 24.3 Å². The third-order valence-corrected chi connectivity index (χ3v) is 4.73. The van der Waals surface area contributed by atoms with Gasteiger partial charge in [-0.25, -0.2) is 9.78 Å². The predicted molar refractivity (Wildman–Crippen MR) is 109 cm³/mol. The lowest BCUT2D eigenvalue weighted by atomic mass is 10.0. The molecule has 0 spiro atoms. The van der Waals surface area contributed by atoms with Crippen molar-refractivity contribution in [1.82, 2.24) is 4.98 Å². The molecule has 1 heterocycles. The molecule has 7 heteroatoms. The second-order valence-electron chi connectivity index (χ2n) is 6.49. The number of carboxylic acids is 1. The first-order chi connectivity index (χ1) is 14.0. The van der Waals surface area contributed by atoms with E-state index in [-0.39, 0.29) is 6.61 Å². The molecule has 0 fully saturated rings. The number of aryl methyl sites for hydroxylation is 1. The maximum Gasteiger partial charge on any atom is 0.333 e. The van der Waals surface area contributed by atoms with Crippen LogP contribution in [0.3, 0.4) is 0 Å². The fraction of sp³-hybridized carbons (Fsp3) is 0.273. The van der Waals surface area contributed by atoms with E-state index in [1.165, 1.54) is 0 Å². The van der Waals surface area contributed by atoms with Crippen molar-refractivity contribution in [3.63, 3.8) is 0 Å². The zero-order valence-electron chi connectivity index (χ0n) is 16.2. The van der Waals surface area contributed by atoms with Crippen LogP contribution in [0.5, 0.6) is 5.75 Å². The minimum atomic E-state index is -0.966. The van der Waals surface area contributed by atoms with Gasteiger partial charge in [-0.15, -0.1) is 0 Å². The number of oxazole rings is 1. The highest BCUT2D eigenvalue weighted by molar-refractivity contribution is 6.33. The predicted octanol–water partition coefficient (Wildman–Crippen LogP) is 4.91. The first-order valence-electron chi connectivity index (χ1n) is 9.24. The molecule has 152 valence electrons. The minimum Gasteiger partial charge on any atom is -0.487 e. The number of hydrogen-bond acceptors (Lipinski definition) is 5. The molecule has 3 rings (SSSR count). The smallest absolute Gasteiger partial charge is 0.333 e. The van der Waals surface area contributed by atoms with Crippen LogP contribution in [0.1, 0.15) is 23.7 Å². The van der Waals surface area contributed by atoms with Crippen molar-refractivity contribution in [3.8, 4) is 17.2 Å². The van der Waals surface area contributed by atoms with Gasteiger partial charge in [0.2, 0.25) is 5.89 Å². The van der Waals surface area contributed by atoms with Crippen LogP contribution in [-0.4, -0.2) is 28.8 Å². The van der Waals surface area contributed by atoms with Gasteiger partial charge in [0.05, 0.1) is 10.6 Å². The van der Waals surface area contributed by atoms with E-state index in [4.69, 9.17) is 25.5 Å². The third-order valence-electron chi connectivity index (χ3n) is 4.41. The minimum absolute atomic E-state index is 0.240. The lowest BCUT2D eigenvalue weighted by molar-refractivity contribution is -0.149. The number of rotatable bonds is 9. The molecular formula is C22H22ClNO5. The quantitative estimate of drug-likeness (QED) is 0.534. The number of nitrogens with zero attached hydrogens (tertiary/aromatic N) is 1. The molecule has 1 atom stereocenters. The lowest BCUT2D eigenvalue weighted by Crippen LogP contribution is -2.26. The van der Waals surface area contributed by atoms with Gasteiger partial charge >= 0.3 is 5.97 Å². The largest absolute Gasteiger partial charge is 0.487 e. The van der Waals surface area contributed by atoms with Crippen molar-refractivity contribution in [1.29, 1.82) is 0 Å². The molecule has 0 radical (unpaired) electrons. The van der Waals surface area contributed by atoms with Crippen molar-refractivity contribution < 1.29 is 23.8 Å². The van der Waals surface area contributed by atoms with Crippen LogP contribution in [0, 0.1) is 6.92 Å². The van der Waals surface area contributed by atoms with Crippen LogP contribution in [0.4, 0.5) is 0 Å². The van der Waals surface area contributed by atoms with Crippen LogP contribution in [-0.2, 0) is 22.6 Å². The molecule has 0 aliphatic heterocycles. The Kier molecular flexibility index (Phi) is 6.90. The molecule has 0 saturated heterocycles. The summed E-state index contributed by atoms with van der Waals surface area (Å²) < 4.78 is 16.6. The number of aromatic nitrogens is 1. The van der Waals surface area contributed by atoms with Crippen LogP contribution < -0.4 is 4.74 Å². The highest BCUT2D eigenvalue weighted by atomic mass is 35.5. The second kappa shape index (κ2) is 9.58. The van der Waals surface area contributed by atoms with Crippen molar-refractivity contribution in [2.75, 3.05) is 6.61 Å². The fourth-order valence-corrected chi connectivity index (χ4v) is 3.11. The molecule has 0 aliphatic rings. The summed E-state index contributed by atoms with van der Waals surface area (Å²) in [5.74, 6) is 0.139. The maximum atomic E-state index is 11.3. The van der Waals surface area contributed by atoms with Gasteiger partial charge in [-0.3, -0.25) is 0 Å². The maximum absolute atomic E-state index is 11.3. The van der Waals surface area contributed by atoms with Gasteiger partial charge in [0.25, 0.3) is 0 Å². The van der Waals surface area contributed by atoms with Gasteiger partial charge < -0.3 is 19.0 Å². The molecule has 29 heavy (non-hydrogen) atoms. The Hall–Kier alpha value is -2.83. The molecule has 3 aromatic rings. The van der Waals surface area contributed by atoms with Crippen LogP contribution in [0.25, 0.3) is 11.5 Å². The van der Waals surface area contributed by atoms with E-state index in [0.29, 0.717) is 35.4 Å². The number of aliphatic carboxylic acids is 1. The zero-order chi connectivity index (χ0) is 20.8. The number of hydrogen-bond donors (Lipinski definition) is 1. The highest BCUT2D eigenvalue weighted by Gasteiger charge is 2.19. The van der Waals surface area contributed by atoms with Crippen molar-refractivity contribution in [2.24, 2.45) is 0 Å². The molecular weight excluding hydrogens is 394 g/mol. The van der Waals surface area contributed by atoms with E-state index in [0.717, 1.165) is 16.7 Å². The van der Waals surface area contributed by atoms with Gasteiger partial charge in [0, 0.05) is 13.0 Å². The molecule has 0 aliphatic carbocycles. The van der Waals surface area contributed by atoms with Crippen molar-refractivity contribution in [2.45, 2.75) is 33.0 Å². The summed E-state index contributed by atoms with van der Waals surface area (Å²) in [6.45, 7) is 4.29. The number of carbonyl (C=O) groups is 1. The SMILES string of the molecule is CCO[C@@H](Cc1ccc(OCc2coc(-c3ccccc3Cl)n2)cc1C)C(=O)O. The Morgan fingerprint density at radius 3 is 2.76 bits per heavy atom. The molecule has 6 nitrogen and oxygen atoms in total. The Labute approximate surface area is 174 Å². The Bertz CT molecular complexity index is 985. The Morgan fingerprint density at radius 2 is 2.07 bits per heavy atom. The topological polar surface area (TPSA) is 81.8 Å². The molecule has 1 N–H and O–H groups in total. The zero-order valence-corrected chi connectivity index (χ0v) is 17.0. The number of halogens is 1. The summed E-state index contributed by atoms with van der Waals surface area (Å²) in [5.41, 5.74) is 3.21. The van der Waals surface area contributed by atoms with Gasteiger partial charge in [-0.2, -0.15) is 0 Å². The Balaban J connectivity index is 1.64. The van der Waals surface area contributed by atoms with Crippen molar-refractivity contribution in [3.05, 3.63) is 70.6 Å². The van der Waals surface area contributed by atoms with E-state index >= 15 is 0 Å². The van der Waals surface area contributed by atoms with E-state index in [2.05, 4.69) is 4.98 Å². The average molecular weight is 416 g/mol. The van der Waals surface area contributed by atoms with E-state index in [1.54, 1.807) is 19.3 Å². The lowest BCUT2D eigenvalue weighted by Gasteiger charge is -2.15. The standard InChI is InChI=1S/C22H22ClNO5/c1-3-27-20(22(25)26)11-15-8-9-17(10-14(15)2)28-12-16-13-29-21(24-16)18-6-4-5-7-19(18)23/h4-10,13,20H,3,11-12H2,1-2H3,(H,25,26)/t20-/m0/s1. The van der Waals surface area contributed by atoms with Gasteiger partial charge in [0.15, 0.2) is 6.10 Å². The third kappa shape index (κ3) is 5.37. The number of benzene rings is 2. The summed E-state index contributed by atoms with van der Waals surface area (Å²) in [7, 11) is 0. The second-order valence-corrected chi connectivity index (χ2v) is 6.89. The normalized spacial score (nSPS) is 12.0. The van der Waals surface area contributed by atoms with Gasteiger partial charge in [-0.05, 0) is 49.2 Å². The molecule has 1 aromatic heterocycles. The van der Waals surface area contributed by atoms with Gasteiger partial charge in [-0.1, -0.05) is 29.8 Å². The first kappa shape index (κ1) is 20.9. The summed E-state index contributed by atoms with van der Waals surface area (Å²) in [6.07, 6.45) is 0.989. The summed E-state index contributed by atoms with van der Waals surface area (Å²) in [4.78, 5) is 15.7. The first-order valence-corrected chi connectivity index (χ1v) is 9.61.